The summed E-state index contributed by atoms with van der Waals surface area (Å²) in [6, 6.07) is 15.7. The Kier molecular flexibility index (Phi) is 8.67. The molecule has 5 rings (SSSR count). The van der Waals surface area contributed by atoms with Crippen LogP contribution in [0.15, 0.2) is 89.6 Å². The van der Waals surface area contributed by atoms with Crippen LogP contribution in [0.4, 0.5) is 37.9 Å². The Balaban J connectivity index is 1.21. The van der Waals surface area contributed by atoms with Crippen molar-refractivity contribution in [3.63, 3.8) is 0 Å². The molecule has 2 aromatic carbocycles. The standard InChI is InChI=1S/C27H28N8S3/c1-4-36-26-17-28-27(38-26)34-32-23-10-7-20(15-19(23)3)29-31-22-9-8-21(16-18(22)2)30-33-24-11-12-25(37-24)35-13-5-6-14-35/h7-12,15-17H,4-6,13-14H2,1-3H3/b31-29+,33-30+,34-32+. The van der Waals surface area contributed by atoms with E-state index in [1.165, 1.54) is 17.8 Å². The highest BCUT2D eigenvalue weighted by Gasteiger charge is 2.14. The number of hydrogen-bond acceptors (Lipinski definition) is 11. The normalized spacial score (nSPS) is 14.1. The lowest BCUT2D eigenvalue weighted by atomic mass is 10.2. The van der Waals surface area contributed by atoms with E-state index in [1.54, 1.807) is 34.4 Å². The van der Waals surface area contributed by atoms with E-state index in [9.17, 15) is 0 Å². The Labute approximate surface area is 234 Å². The van der Waals surface area contributed by atoms with Gasteiger partial charge in [-0.25, -0.2) is 4.98 Å². The number of thiazole rings is 1. The number of nitrogens with zero attached hydrogens (tertiary/aromatic N) is 8. The minimum absolute atomic E-state index is 0.657. The molecule has 38 heavy (non-hydrogen) atoms. The Morgan fingerprint density at radius 2 is 1.45 bits per heavy atom. The number of aromatic nitrogens is 1. The number of azo groups is 3. The van der Waals surface area contributed by atoms with Gasteiger partial charge in [0.05, 0.1) is 38.2 Å². The van der Waals surface area contributed by atoms with E-state index in [1.807, 2.05) is 62.5 Å². The molecule has 0 aliphatic carbocycles. The van der Waals surface area contributed by atoms with E-state index in [0.29, 0.717) is 5.13 Å². The summed E-state index contributed by atoms with van der Waals surface area (Å²) in [6.07, 6.45) is 4.37. The highest BCUT2D eigenvalue weighted by atomic mass is 32.2. The summed E-state index contributed by atoms with van der Waals surface area (Å²) in [4.78, 5) is 6.72. The molecule has 0 unspecified atom stereocenters. The Hall–Kier alpha value is -3.28. The number of anilines is 1. The molecule has 194 valence electrons. The van der Waals surface area contributed by atoms with Gasteiger partial charge in [0.15, 0.2) is 0 Å². The van der Waals surface area contributed by atoms with E-state index in [0.717, 1.165) is 61.9 Å². The van der Waals surface area contributed by atoms with Crippen LogP contribution in [0.1, 0.15) is 30.9 Å². The summed E-state index contributed by atoms with van der Waals surface area (Å²) in [5.74, 6) is 1.01. The van der Waals surface area contributed by atoms with Crippen LogP contribution in [0.25, 0.3) is 0 Å². The second-order valence-corrected chi connectivity index (χ2v) is 12.4. The van der Waals surface area contributed by atoms with E-state index in [4.69, 9.17) is 0 Å². The van der Waals surface area contributed by atoms with Gasteiger partial charge in [-0.05, 0) is 92.1 Å². The van der Waals surface area contributed by atoms with E-state index in [2.05, 4.69) is 53.6 Å². The molecule has 2 aromatic heterocycles. The molecule has 0 radical (unpaired) electrons. The van der Waals surface area contributed by atoms with Gasteiger partial charge in [-0.3, -0.25) is 0 Å². The van der Waals surface area contributed by atoms with Gasteiger partial charge in [-0.15, -0.1) is 32.2 Å². The lowest BCUT2D eigenvalue weighted by Crippen LogP contribution is -2.15. The minimum atomic E-state index is 0.657. The van der Waals surface area contributed by atoms with Crippen molar-refractivity contribution >= 4 is 72.3 Å². The van der Waals surface area contributed by atoms with Crippen molar-refractivity contribution in [3.8, 4) is 0 Å². The van der Waals surface area contributed by atoms with Crippen LogP contribution in [-0.2, 0) is 0 Å². The molecule has 1 aliphatic heterocycles. The number of hydrogen-bond donors (Lipinski definition) is 0. The van der Waals surface area contributed by atoms with E-state index < -0.39 is 0 Å². The van der Waals surface area contributed by atoms with Gasteiger partial charge >= 0.3 is 0 Å². The second kappa shape index (κ2) is 12.5. The largest absolute Gasteiger partial charge is 0.363 e. The molecule has 1 saturated heterocycles. The first-order chi connectivity index (χ1) is 18.6. The molecular formula is C27H28N8S3. The molecule has 8 nitrogen and oxygen atoms in total. The molecular weight excluding hydrogens is 533 g/mol. The molecule has 1 fully saturated rings. The highest BCUT2D eigenvalue weighted by molar-refractivity contribution is 8.01. The molecule has 4 aromatic rings. The van der Waals surface area contributed by atoms with Crippen molar-refractivity contribution in [3.05, 3.63) is 65.9 Å². The molecule has 11 heteroatoms. The Morgan fingerprint density at radius 1 is 0.789 bits per heavy atom. The molecule has 0 bridgehead atoms. The number of thioether (sulfide) groups is 1. The maximum atomic E-state index is 4.45. The number of rotatable bonds is 9. The first-order valence-corrected chi connectivity index (χ1v) is 15.1. The third kappa shape index (κ3) is 6.77. The van der Waals surface area contributed by atoms with Crippen molar-refractivity contribution in [2.24, 2.45) is 30.7 Å². The lowest BCUT2D eigenvalue weighted by molar-refractivity contribution is 0.949. The molecule has 0 N–H and O–H groups in total. The second-order valence-electron chi connectivity index (χ2n) is 8.74. The van der Waals surface area contributed by atoms with Gasteiger partial charge in [0.1, 0.15) is 5.00 Å². The van der Waals surface area contributed by atoms with Gasteiger partial charge < -0.3 is 4.90 Å². The predicted molar refractivity (Wildman–Crippen MR) is 159 cm³/mol. The highest BCUT2D eigenvalue weighted by Crippen LogP contribution is 2.36. The maximum Gasteiger partial charge on any atom is 0.230 e. The van der Waals surface area contributed by atoms with Crippen LogP contribution in [0.2, 0.25) is 0 Å². The molecule has 0 amide bonds. The van der Waals surface area contributed by atoms with Crippen LogP contribution >= 0.6 is 34.4 Å². The molecule has 3 heterocycles. The SMILES string of the molecule is CCSc1cnc(/N=N/c2ccc(/N=N/c3ccc(/N=N/c4ccc(N5CCCC5)s4)cc3C)cc2C)s1. The average molecular weight is 561 g/mol. The van der Waals surface area contributed by atoms with Crippen molar-refractivity contribution in [2.75, 3.05) is 23.7 Å². The summed E-state index contributed by atoms with van der Waals surface area (Å²) >= 11 is 4.98. The Bertz CT molecular complexity index is 1480. The fourth-order valence-electron chi connectivity index (χ4n) is 3.93. The zero-order chi connectivity index (χ0) is 26.3. The third-order valence-electron chi connectivity index (χ3n) is 5.90. The summed E-state index contributed by atoms with van der Waals surface area (Å²) in [6.45, 7) is 8.37. The average Bonchev–Trinajstić information content (AvgIpc) is 3.69. The maximum absolute atomic E-state index is 4.45. The molecule has 0 atom stereocenters. The van der Waals surface area contributed by atoms with Crippen molar-refractivity contribution in [2.45, 2.75) is 37.8 Å². The van der Waals surface area contributed by atoms with Crippen LogP contribution in [0.5, 0.6) is 0 Å². The zero-order valence-corrected chi connectivity index (χ0v) is 24.0. The summed E-state index contributed by atoms with van der Waals surface area (Å²) in [5, 5.41) is 29.2. The van der Waals surface area contributed by atoms with Crippen molar-refractivity contribution in [1.29, 1.82) is 0 Å². The quantitative estimate of drug-likeness (QED) is 0.151. The number of thiophene rings is 1. The fraction of sp³-hybridized carbons (Fsp3) is 0.296. The van der Waals surface area contributed by atoms with Gasteiger partial charge in [0.2, 0.25) is 5.13 Å². The van der Waals surface area contributed by atoms with Crippen LogP contribution in [0, 0.1) is 13.8 Å². The third-order valence-corrected chi connectivity index (χ3v) is 8.88. The lowest BCUT2D eigenvalue weighted by Gasteiger charge is -2.13. The molecule has 1 aliphatic rings. The smallest absolute Gasteiger partial charge is 0.230 e. The van der Waals surface area contributed by atoms with Gasteiger partial charge in [0, 0.05) is 13.1 Å². The topological polar surface area (TPSA) is 90.3 Å². The van der Waals surface area contributed by atoms with Gasteiger partial charge in [-0.1, -0.05) is 29.6 Å². The summed E-state index contributed by atoms with van der Waals surface area (Å²) in [5.41, 5.74) is 5.09. The summed E-state index contributed by atoms with van der Waals surface area (Å²) < 4.78 is 1.15. The van der Waals surface area contributed by atoms with Crippen LogP contribution < -0.4 is 4.90 Å². The van der Waals surface area contributed by atoms with Crippen molar-refractivity contribution < 1.29 is 0 Å². The molecule has 0 spiro atoms. The number of benzene rings is 2. The van der Waals surface area contributed by atoms with Gasteiger partial charge in [0.25, 0.3) is 0 Å². The molecule has 0 saturated carbocycles. The van der Waals surface area contributed by atoms with Crippen molar-refractivity contribution in [1.82, 2.24) is 4.98 Å². The minimum Gasteiger partial charge on any atom is -0.363 e. The van der Waals surface area contributed by atoms with Crippen LogP contribution in [-0.4, -0.2) is 23.8 Å². The first-order valence-electron chi connectivity index (χ1n) is 12.5. The van der Waals surface area contributed by atoms with Gasteiger partial charge in [-0.2, -0.15) is 10.2 Å². The van der Waals surface area contributed by atoms with E-state index in [-0.39, 0.29) is 0 Å². The summed E-state index contributed by atoms with van der Waals surface area (Å²) in [7, 11) is 0. The Morgan fingerprint density at radius 3 is 2.11 bits per heavy atom. The first kappa shape index (κ1) is 26.3. The number of aryl methyl sites for hydroxylation is 2. The van der Waals surface area contributed by atoms with E-state index >= 15 is 0 Å². The fourth-order valence-corrected chi connectivity index (χ4v) is 6.50. The zero-order valence-electron chi connectivity index (χ0n) is 21.5. The predicted octanol–water partition coefficient (Wildman–Crippen LogP) is 10.8. The van der Waals surface area contributed by atoms with Crippen LogP contribution in [0.3, 0.4) is 0 Å². The monoisotopic (exact) mass is 560 g/mol.